The van der Waals surface area contributed by atoms with Crippen molar-refractivity contribution >= 4 is 46.9 Å². The molecule has 0 unspecified atom stereocenters. The Morgan fingerprint density at radius 3 is 2.26 bits per heavy atom. The summed E-state index contributed by atoms with van der Waals surface area (Å²) in [5.41, 5.74) is 0.203. The van der Waals surface area contributed by atoms with Crippen molar-refractivity contribution in [1.29, 1.82) is 0 Å². The molecule has 0 saturated carbocycles. The molecule has 0 fully saturated rings. The minimum absolute atomic E-state index is 0.00511. The van der Waals surface area contributed by atoms with Crippen LogP contribution in [0.3, 0.4) is 0 Å². The second-order valence-corrected chi connectivity index (χ2v) is 8.10. The van der Waals surface area contributed by atoms with E-state index in [4.69, 9.17) is 4.74 Å². The molecule has 0 radical (unpaired) electrons. The summed E-state index contributed by atoms with van der Waals surface area (Å²) >= 11 is 1.51. The molecule has 3 N–H and O–H groups in total. The highest BCUT2D eigenvalue weighted by Crippen LogP contribution is 2.16. The van der Waals surface area contributed by atoms with E-state index in [-0.39, 0.29) is 23.1 Å². The Labute approximate surface area is 186 Å². The number of carbonyl (C=O) groups is 5. The first kappa shape index (κ1) is 26.2. The van der Waals surface area contributed by atoms with E-state index in [0.717, 1.165) is 0 Å². The molecule has 3 amide bonds. The van der Waals surface area contributed by atoms with Gasteiger partial charge < -0.3 is 20.7 Å². The summed E-state index contributed by atoms with van der Waals surface area (Å²) in [5, 5.41) is 7.54. The fraction of sp³-hybridized carbons (Fsp3) is 0.476. The number of anilines is 1. The zero-order valence-electron chi connectivity index (χ0n) is 18.3. The summed E-state index contributed by atoms with van der Waals surface area (Å²) in [7, 11) is 1.23. The van der Waals surface area contributed by atoms with E-state index in [1.54, 1.807) is 26.0 Å². The highest BCUT2D eigenvalue weighted by molar-refractivity contribution is 7.98. The number of rotatable bonds is 11. The van der Waals surface area contributed by atoms with Crippen molar-refractivity contribution < 1.29 is 28.7 Å². The molecule has 0 aliphatic rings. The van der Waals surface area contributed by atoms with Gasteiger partial charge in [-0.25, -0.2) is 4.79 Å². The van der Waals surface area contributed by atoms with Crippen LogP contribution in [-0.2, 0) is 23.9 Å². The summed E-state index contributed by atoms with van der Waals surface area (Å²) < 4.78 is 4.73. The van der Waals surface area contributed by atoms with Crippen LogP contribution in [0, 0.1) is 5.92 Å². The predicted octanol–water partition coefficient (Wildman–Crippen LogP) is 1.38. The molecule has 0 aromatic heterocycles. The molecule has 0 aliphatic carbocycles. The number of nitrogens with one attached hydrogen (secondary N) is 3. The Morgan fingerprint density at radius 2 is 1.71 bits per heavy atom. The lowest BCUT2D eigenvalue weighted by Gasteiger charge is -2.24. The number of ketones is 1. The van der Waals surface area contributed by atoms with Crippen molar-refractivity contribution in [3.05, 3.63) is 29.8 Å². The average molecular weight is 452 g/mol. The third-order valence-corrected chi connectivity index (χ3v) is 4.98. The van der Waals surface area contributed by atoms with E-state index < -0.39 is 35.7 Å². The van der Waals surface area contributed by atoms with Crippen molar-refractivity contribution in [2.24, 2.45) is 5.92 Å². The highest BCUT2D eigenvalue weighted by Gasteiger charge is 2.31. The van der Waals surface area contributed by atoms with Gasteiger partial charge in [-0.15, -0.1) is 0 Å². The van der Waals surface area contributed by atoms with E-state index in [1.807, 2.05) is 6.26 Å². The molecule has 0 aliphatic heterocycles. The van der Waals surface area contributed by atoms with E-state index in [1.165, 1.54) is 37.9 Å². The molecular weight excluding hydrogens is 422 g/mol. The van der Waals surface area contributed by atoms with Gasteiger partial charge in [0.2, 0.25) is 11.8 Å². The minimum atomic E-state index is -1.05. The smallest absolute Gasteiger partial charge is 0.328 e. The molecule has 9 nitrogen and oxygen atoms in total. The van der Waals surface area contributed by atoms with Crippen LogP contribution in [0.1, 0.15) is 37.6 Å². The van der Waals surface area contributed by atoms with E-state index in [2.05, 4.69) is 16.0 Å². The second-order valence-electron chi connectivity index (χ2n) is 7.12. The maximum atomic E-state index is 12.8. The van der Waals surface area contributed by atoms with Gasteiger partial charge in [-0.2, -0.15) is 11.8 Å². The molecule has 0 bridgehead atoms. The standard InChI is InChI=1S/C21H29N3O6S/c1-12(2)17(19(27)23-16(10-11-31-5)21(29)30-4)24-20(28)18(26)14-8-6-7-9-15(14)22-13(3)25/h6-9,12,16-17H,10-11H2,1-5H3,(H,22,25)(H,23,27)(H,24,28)/t16-,17-/m0/s1. The first-order valence-electron chi connectivity index (χ1n) is 9.71. The summed E-state index contributed by atoms with van der Waals surface area (Å²) in [6, 6.07) is 4.18. The number of thioether (sulfide) groups is 1. The lowest BCUT2D eigenvalue weighted by atomic mass is 10.0. The van der Waals surface area contributed by atoms with Crippen molar-refractivity contribution in [1.82, 2.24) is 10.6 Å². The van der Waals surface area contributed by atoms with E-state index in [9.17, 15) is 24.0 Å². The maximum Gasteiger partial charge on any atom is 0.328 e. The van der Waals surface area contributed by atoms with Gasteiger partial charge in [0.05, 0.1) is 18.4 Å². The van der Waals surface area contributed by atoms with Crippen LogP contribution >= 0.6 is 11.8 Å². The third-order valence-electron chi connectivity index (χ3n) is 4.34. The summed E-state index contributed by atoms with van der Waals surface area (Å²) in [6.07, 6.45) is 2.24. The Kier molecular flexibility index (Phi) is 10.7. The van der Waals surface area contributed by atoms with Gasteiger partial charge in [-0.3, -0.25) is 19.2 Å². The van der Waals surface area contributed by atoms with Crippen molar-refractivity contribution in [3.63, 3.8) is 0 Å². The SMILES string of the molecule is COC(=O)[C@H](CCSC)NC(=O)[C@@H](NC(=O)C(=O)c1ccccc1NC(C)=O)C(C)C. The number of carbonyl (C=O) groups excluding carboxylic acids is 5. The normalized spacial score (nSPS) is 12.5. The minimum Gasteiger partial charge on any atom is -0.467 e. The van der Waals surface area contributed by atoms with Crippen LogP contribution in [-0.4, -0.2) is 60.7 Å². The topological polar surface area (TPSA) is 131 Å². The molecule has 1 aromatic rings. The van der Waals surface area contributed by atoms with Crippen molar-refractivity contribution in [2.75, 3.05) is 24.4 Å². The number of esters is 1. The van der Waals surface area contributed by atoms with Gasteiger partial charge in [0.25, 0.3) is 11.7 Å². The number of ether oxygens (including phenoxy) is 1. The van der Waals surface area contributed by atoms with Gasteiger partial charge in [0.15, 0.2) is 0 Å². The van der Waals surface area contributed by atoms with Crippen LogP contribution in [0.2, 0.25) is 0 Å². The van der Waals surface area contributed by atoms with Gasteiger partial charge in [-0.05, 0) is 36.5 Å². The molecule has 31 heavy (non-hydrogen) atoms. The van der Waals surface area contributed by atoms with Gasteiger partial charge in [0.1, 0.15) is 12.1 Å². The first-order valence-corrected chi connectivity index (χ1v) is 11.1. The number of hydrogen-bond acceptors (Lipinski definition) is 7. The Balaban J connectivity index is 2.98. The van der Waals surface area contributed by atoms with Crippen LogP contribution in [0.5, 0.6) is 0 Å². The largest absolute Gasteiger partial charge is 0.467 e. The van der Waals surface area contributed by atoms with Crippen LogP contribution in [0.15, 0.2) is 24.3 Å². The number of Topliss-reactive ketones (excluding diaryl/α,β-unsaturated/α-hetero) is 1. The fourth-order valence-electron chi connectivity index (χ4n) is 2.73. The second kappa shape index (κ2) is 12.7. The van der Waals surface area contributed by atoms with Crippen LogP contribution < -0.4 is 16.0 Å². The van der Waals surface area contributed by atoms with Crippen LogP contribution in [0.25, 0.3) is 0 Å². The van der Waals surface area contributed by atoms with Crippen molar-refractivity contribution in [3.8, 4) is 0 Å². The van der Waals surface area contributed by atoms with Crippen molar-refractivity contribution in [2.45, 2.75) is 39.3 Å². The monoisotopic (exact) mass is 451 g/mol. The lowest BCUT2D eigenvalue weighted by molar-refractivity contribution is -0.145. The van der Waals surface area contributed by atoms with Gasteiger partial charge >= 0.3 is 5.97 Å². The molecule has 0 saturated heterocycles. The third kappa shape index (κ3) is 8.05. The molecule has 170 valence electrons. The zero-order valence-corrected chi connectivity index (χ0v) is 19.1. The molecule has 10 heteroatoms. The molecule has 0 heterocycles. The molecule has 1 rings (SSSR count). The molecular formula is C21H29N3O6S. The number of benzene rings is 1. The quantitative estimate of drug-likeness (QED) is 0.263. The average Bonchev–Trinajstić information content (AvgIpc) is 2.73. The van der Waals surface area contributed by atoms with Gasteiger partial charge in [-0.1, -0.05) is 26.0 Å². The Bertz CT molecular complexity index is 827. The van der Waals surface area contributed by atoms with Gasteiger partial charge in [0, 0.05) is 6.92 Å². The van der Waals surface area contributed by atoms with Crippen LogP contribution in [0.4, 0.5) is 5.69 Å². The highest BCUT2D eigenvalue weighted by atomic mass is 32.2. The fourth-order valence-corrected chi connectivity index (χ4v) is 3.20. The number of methoxy groups -OCH3 is 1. The summed E-state index contributed by atoms with van der Waals surface area (Å²) in [4.78, 5) is 61.4. The predicted molar refractivity (Wildman–Crippen MR) is 119 cm³/mol. The number of amides is 3. The first-order chi connectivity index (χ1) is 14.6. The number of para-hydroxylation sites is 1. The Hall–Kier alpha value is -2.88. The Morgan fingerprint density at radius 1 is 1.06 bits per heavy atom. The summed E-state index contributed by atoms with van der Waals surface area (Å²) in [5.74, 6) is -3.20. The van der Waals surface area contributed by atoms with E-state index >= 15 is 0 Å². The lowest BCUT2D eigenvalue weighted by Crippen LogP contribution is -2.55. The maximum absolute atomic E-state index is 12.8. The summed E-state index contributed by atoms with van der Waals surface area (Å²) in [6.45, 7) is 4.69. The van der Waals surface area contributed by atoms with E-state index in [0.29, 0.717) is 12.2 Å². The zero-order chi connectivity index (χ0) is 23.6. The molecule has 1 aromatic carbocycles. The molecule has 2 atom stereocenters. The number of hydrogen-bond donors (Lipinski definition) is 3. The molecule has 0 spiro atoms.